The fourth-order valence-corrected chi connectivity index (χ4v) is 1.82. The Hall–Kier alpha value is -1.08. The van der Waals surface area contributed by atoms with Crippen LogP contribution in [0.15, 0.2) is 0 Å². The maximum atomic E-state index is 11.8. The molecule has 0 bridgehead atoms. The maximum Gasteiger partial charge on any atom is 0.522 e. The van der Waals surface area contributed by atoms with Crippen LogP contribution in [-0.2, 0) is 17.7 Å². The van der Waals surface area contributed by atoms with Crippen molar-refractivity contribution >= 4 is 0 Å². The van der Waals surface area contributed by atoms with Gasteiger partial charge < -0.3 is 5.73 Å². The van der Waals surface area contributed by atoms with Gasteiger partial charge in [0.25, 0.3) is 0 Å². The molecule has 0 spiro atoms. The molecule has 0 aliphatic carbocycles. The van der Waals surface area contributed by atoms with Gasteiger partial charge in [-0.2, -0.15) is 5.10 Å². The Morgan fingerprint density at radius 3 is 2.50 bits per heavy atom. The van der Waals surface area contributed by atoms with E-state index in [9.17, 15) is 13.2 Å². The summed E-state index contributed by atoms with van der Waals surface area (Å²) in [6.45, 7) is 5.16. The van der Waals surface area contributed by atoms with E-state index in [1.807, 2.05) is 20.8 Å². The third-order valence-electron chi connectivity index (χ3n) is 2.63. The third-order valence-corrected chi connectivity index (χ3v) is 2.63. The van der Waals surface area contributed by atoms with Crippen LogP contribution in [0.3, 0.4) is 0 Å². The second-order valence-corrected chi connectivity index (χ2v) is 4.35. The van der Waals surface area contributed by atoms with Crippen molar-refractivity contribution in [2.45, 2.75) is 46.1 Å². The van der Waals surface area contributed by atoms with E-state index in [1.165, 1.54) is 4.68 Å². The number of alkyl halides is 3. The Balaban J connectivity index is 2.67. The molecule has 0 radical (unpaired) electrons. The highest BCUT2D eigenvalue weighted by atomic mass is 19.4. The van der Waals surface area contributed by atoms with Crippen LogP contribution in [0.2, 0.25) is 0 Å². The predicted octanol–water partition coefficient (Wildman–Crippen LogP) is 1.93. The smallest absolute Gasteiger partial charge is 0.328 e. The Morgan fingerprint density at radius 2 is 2.00 bits per heavy atom. The molecule has 1 aromatic heterocycles. The van der Waals surface area contributed by atoms with E-state index in [0.717, 1.165) is 17.0 Å². The molecule has 0 aliphatic rings. The molecule has 0 aromatic carbocycles. The van der Waals surface area contributed by atoms with Crippen molar-refractivity contribution in [2.75, 3.05) is 6.61 Å². The van der Waals surface area contributed by atoms with Crippen LogP contribution in [0.1, 0.15) is 23.9 Å². The van der Waals surface area contributed by atoms with Gasteiger partial charge in [0.2, 0.25) is 0 Å². The lowest BCUT2D eigenvalue weighted by Crippen LogP contribution is -2.19. The van der Waals surface area contributed by atoms with E-state index in [4.69, 9.17) is 5.73 Å². The number of hydrogen-bond acceptors (Lipinski definition) is 3. The van der Waals surface area contributed by atoms with Crippen molar-refractivity contribution in [3.63, 3.8) is 0 Å². The van der Waals surface area contributed by atoms with Gasteiger partial charge in [-0.25, -0.2) is 0 Å². The lowest BCUT2D eigenvalue weighted by Gasteiger charge is -2.09. The molecule has 0 aliphatic heterocycles. The molecule has 1 rings (SSSR count). The fraction of sp³-hybridized carbons (Fsp3) is 0.727. The topological polar surface area (TPSA) is 53.1 Å². The van der Waals surface area contributed by atoms with Gasteiger partial charge in [0.15, 0.2) is 0 Å². The summed E-state index contributed by atoms with van der Waals surface area (Å²) in [5.41, 5.74) is 8.36. The minimum atomic E-state index is -4.59. The molecule has 104 valence electrons. The first-order chi connectivity index (χ1) is 8.20. The molecule has 0 fully saturated rings. The lowest BCUT2D eigenvalue weighted by atomic mass is 10.1. The van der Waals surface area contributed by atoms with Crippen molar-refractivity contribution in [2.24, 2.45) is 5.73 Å². The average Bonchev–Trinajstić information content (AvgIpc) is 2.43. The molecule has 0 amide bonds. The number of halogens is 3. The molecule has 1 atom stereocenters. The highest BCUT2D eigenvalue weighted by Crippen LogP contribution is 2.17. The second-order valence-electron chi connectivity index (χ2n) is 4.35. The van der Waals surface area contributed by atoms with Crippen LogP contribution in [0.25, 0.3) is 0 Å². The van der Waals surface area contributed by atoms with Crippen LogP contribution in [0, 0.1) is 13.8 Å². The van der Waals surface area contributed by atoms with Gasteiger partial charge in [0.05, 0.1) is 18.8 Å². The summed E-state index contributed by atoms with van der Waals surface area (Å²) < 4.78 is 40.8. The first-order valence-corrected chi connectivity index (χ1v) is 5.70. The largest absolute Gasteiger partial charge is 0.522 e. The number of aryl methyl sites for hydroxylation is 1. The van der Waals surface area contributed by atoms with E-state index >= 15 is 0 Å². The molecule has 1 unspecified atom stereocenters. The minimum absolute atomic E-state index is 0.00789. The predicted molar refractivity (Wildman–Crippen MR) is 61.1 cm³/mol. The highest BCUT2D eigenvalue weighted by Gasteiger charge is 2.28. The van der Waals surface area contributed by atoms with Crippen molar-refractivity contribution in [3.05, 3.63) is 17.0 Å². The normalized spacial score (nSPS) is 13.9. The van der Waals surface area contributed by atoms with E-state index in [0.29, 0.717) is 6.42 Å². The highest BCUT2D eigenvalue weighted by molar-refractivity contribution is 5.25. The monoisotopic (exact) mass is 265 g/mol. The zero-order valence-electron chi connectivity index (χ0n) is 10.7. The summed E-state index contributed by atoms with van der Waals surface area (Å²) in [5.74, 6) is 0. The molecule has 1 aromatic rings. The molecule has 7 heteroatoms. The average molecular weight is 265 g/mol. The van der Waals surface area contributed by atoms with Gasteiger partial charge in [0.1, 0.15) is 0 Å². The fourth-order valence-electron chi connectivity index (χ4n) is 1.82. The Morgan fingerprint density at radius 1 is 1.39 bits per heavy atom. The summed E-state index contributed by atoms with van der Waals surface area (Å²) in [5, 5.41) is 4.20. The van der Waals surface area contributed by atoms with Crippen molar-refractivity contribution < 1.29 is 17.9 Å². The molecule has 18 heavy (non-hydrogen) atoms. The SMILES string of the molecule is Cc1nn(CCOC(F)(F)F)c(C)c1CC(C)N. The maximum absolute atomic E-state index is 11.8. The number of nitrogens with zero attached hydrogens (tertiary/aromatic N) is 2. The van der Waals surface area contributed by atoms with E-state index in [2.05, 4.69) is 9.84 Å². The summed E-state index contributed by atoms with van der Waals surface area (Å²) in [4.78, 5) is 0. The standard InChI is InChI=1S/C11H18F3N3O/c1-7(15)6-10-8(2)16-17(9(10)3)4-5-18-11(12,13)14/h7H,4-6,15H2,1-3H3. The zero-order valence-corrected chi connectivity index (χ0v) is 10.7. The Kier molecular flexibility index (Phi) is 4.75. The summed E-state index contributed by atoms with van der Waals surface area (Å²) in [7, 11) is 0. The quantitative estimate of drug-likeness (QED) is 0.885. The molecule has 0 saturated heterocycles. The Labute approximate surface area is 104 Å². The first kappa shape index (κ1) is 15.0. The van der Waals surface area contributed by atoms with Gasteiger partial charge in [-0.3, -0.25) is 9.42 Å². The molecular weight excluding hydrogens is 247 g/mol. The number of hydrogen-bond donors (Lipinski definition) is 1. The number of aromatic nitrogens is 2. The van der Waals surface area contributed by atoms with Crippen LogP contribution < -0.4 is 5.73 Å². The molecule has 1 heterocycles. The van der Waals surface area contributed by atoms with Crippen LogP contribution >= 0.6 is 0 Å². The van der Waals surface area contributed by atoms with Crippen LogP contribution in [-0.4, -0.2) is 28.8 Å². The van der Waals surface area contributed by atoms with Crippen molar-refractivity contribution in [1.82, 2.24) is 9.78 Å². The second kappa shape index (κ2) is 5.71. The zero-order chi connectivity index (χ0) is 13.9. The lowest BCUT2D eigenvalue weighted by molar-refractivity contribution is -0.325. The summed E-state index contributed by atoms with van der Waals surface area (Å²) in [6, 6.07) is -0.00789. The van der Waals surface area contributed by atoms with Gasteiger partial charge in [0, 0.05) is 11.7 Å². The van der Waals surface area contributed by atoms with Crippen molar-refractivity contribution in [3.8, 4) is 0 Å². The van der Waals surface area contributed by atoms with E-state index in [1.54, 1.807) is 0 Å². The molecular formula is C11H18F3N3O. The molecule has 4 nitrogen and oxygen atoms in total. The number of nitrogens with two attached hydrogens (primary N) is 1. The van der Waals surface area contributed by atoms with E-state index in [-0.39, 0.29) is 12.6 Å². The minimum Gasteiger partial charge on any atom is -0.328 e. The van der Waals surface area contributed by atoms with Gasteiger partial charge >= 0.3 is 6.36 Å². The Bertz CT molecular complexity index is 399. The van der Waals surface area contributed by atoms with Gasteiger partial charge in [-0.1, -0.05) is 0 Å². The third kappa shape index (κ3) is 4.30. The molecule has 0 saturated carbocycles. The van der Waals surface area contributed by atoms with E-state index < -0.39 is 13.0 Å². The van der Waals surface area contributed by atoms with Gasteiger partial charge in [-0.05, 0) is 32.8 Å². The van der Waals surface area contributed by atoms with Crippen LogP contribution in [0.5, 0.6) is 0 Å². The van der Waals surface area contributed by atoms with Gasteiger partial charge in [-0.15, -0.1) is 13.2 Å². The molecule has 2 N–H and O–H groups in total. The summed E-state index contributed by atoms with van der Waals surface area (Å²) in [6.07, 6.45) is -3.93. The summed E-state index contributed by atoms with van der Waals surface area (Å²) >= 11 is 0. The number of ether oxygens (including phenoxy) is 1. The number of rotatable bonds is 5. The van der Waals surface area contributed by atoms with Crippen LogP contribution in [0.4, 0.5) is 13.2 Å². The first-order valence-electron chi connectivity index (χ1n) is 5.70. The van der Waals surface area contributed by atoms with Crippen molar-refractivity contribution in [1.29, 1.82) is 0 Å².